The Labute approximate surface area is 210 Å². The van der Waals surface area contributed by atoms with E-state index in [1.807, 2.05) is 56.9 Å². The van der Waals surface area contributed by atoms with E-state index in [4.69, 9.17) is 4.74 Å². The van der Waals surface area contributed by atoms with Crippen molar-refractivity contribution in [1.82, 2.24) is 14.2 Å². The molecule has 4 saturated heterocycles. The lowest BCUT2D eigenvalue weighted by Crippen LogP contribution is -2.84. The van der Waals surface area contributed by atoms with Gasteiger partial charge in [-0.3, -0.25) is 9.59 Å². The van der Waals surface area contributed by atoms with Crippen LogP contribution in [0.4, 0.5) is 0 Å². The number of amides is 2. The summed E-state index contributed by atoms with van der Waals surface area (Å²) in [5, 5.41) is 3.98. The van der Waals surface area contributed by atoms with E-state index in [1.54, 1.807) is 0 Å². The summed E-state index contributed by atoms with van der Waals surface area (Å²) in [6.07, 6.45) is 7.42. The van der Waals surface area contributed by atoms with Crippen molar-refractivity contribution in [2.45, 2.75) is 75.5 Å². The molecule has 2 bridgehead atoms. The van der Waals surface area contributed by atoms with Crippen LogP contribution in [0.25, 0.3) is 17.0 Å². The number of carbonyl (C=O) groups is 2. The van der Waals surface area contributed by atoms with Gasteiger partial charge in [0.2, 0.25) is 21.8 Å². The first kappa shape index (κ1) is 22.4. The van der Waals surface area contributed by atoms with Crippen LogP contribution < -0.4 is 10.1 Å². The van der Waals surface area contributed by atoms with Crippen molar-refractivity contribution in [3.05, 3.63) is 35.0 Å². The molecule has 0 saturated carbocycles. The van der Waals surface area contributed by atoms with E-state index in [0.717, 1.165) is 28.6 Å². The van der Waals surface area contributed by atoms with Gasteiger partial charge in [0, 0.05) is 40.9 Å². The number of nitrogens with one attached hydrogen (secondary N) is 1. The SMILES string of the molecule is CC1(C)C=Cc2c(ccc3c4c(n(S(C)(=O)=O)c23)C(C)(C)[C@@H]2C[C@]35CCCN3C(=O)[C@]2(C4)NC5=O)O1. The van der Waals surface area contributed by atoms with Crippen LogP contribution in [-0.2, 0) is 31.4 Å². The van der Waals surface area contributed by atoms with Crippen LogP contribution in [0.1, 0.15) is 63.8 Å². The molecule has 1 aliphatic carbocycles. The molecule has 0 radical (unpaired) electrons. The second-order valence-electron chi connectivity index (χ2n) is 12.4. The summed E-state index contributed by atoms with van der Waals surface area (Å²) >= 11 is 0. The van der Waals surface area contributed by atoms with Crippen LogP contribution in [0.3, 0.4) is 0 Å². The third-order valence-corrected chi connectivity index (χ3v) is 10.5. The molecule has 190 valence electrons. The lowest BCUT2D eigenvalue weighted by Gasteiger charge is -2.64. The molecule has 2 spiro atoms. The van der Waals surface area contributed by atoms with Crippen LogP contribution in [0.15, 0.2) is 18.2 Å². The number of rotatable bonds is 1. The maximum Gasteiger partial charge on any atom is 0.249 e. The minimum Gasteiger partial charge on any atom is -0.483 e. The van der Waals surface area contributed by atoms with E-state index >= 15 is 0 Å². The maximum absolute atomic E-state index is 14.1. The maximum atomic E-state index is 14.1. The van der Waals surface area contributed by atoms with E-state index in [2.05, 4.69) is 5.32 Å². The number of piperazine rings is 1. The lowest BCUT2D eigenvalue weighted by molar-refractivity contribution is -0.179. The van der Waals surface area contributed by atoms with Gasteiger partial charge in [0.25, 0.3) is 0 Å². The van der Waals surface area contributed by atoms with Gasteiger partial charge in [0.15, 0.2) is 0 Å². The average Bonchev–Trinajstić information content (AvgIpc) is 3.35. The Bertz CT molecular complexity index is 1570. The Kier molecular flexibility index (Phi) is 3.84. The zero-order chi connectivity index (χ0) is 25.6. The molecule has 1 N–H and O–H groups in total. The first-order valence-electron chi connectivity index (χ1n) is 12.7. The Morgan fingerprint density at radius 1 is 1.14 bits per heavy atom. The molecule has 2 amide bonds. The van der Waals surface area contributed by atoms with Crippen molar-refractivity contribution in [2.24, 2.45) is 5.92 Å². The predicted molar refractivity (Wildman–Crippen MR) is 135 cm³/mol. The van der Waals surface area contributed by atoms with Crippen molar-refractivity contribution in [3.63, 3.8) is 0 Å². The number of aromatic nitrogens is 1. The molecule has 2 aromatic rings. The van der Waals surface area contributed by atoms with Crippen LogP contribution in [0.5, 0.6) is 5.75 Å². The van der Waals surface area contributed by atoms with Gasteiger partial charge in [-0.15, -0.1) is 0 Å². The number of nitrogens with zero attached hydrogens (tertiary/aromatic N) is 2. The van der Waals surface area contributed by atoms with Crippen molar-refractivity contribution in [1.29, 1.82) is 0 Å². The Morgan fingerprint density at radius 2 is 1.89 bits per heavy atom. The molecule has 1 aromatic heterocycles. The minimum atomic E-state index is -3.71. The molecule has 8 nitrogen and oxygen atoms in total. The second kappa shape index (κ2) is 6.18. The minimum absolute atomic E-state index is 0.0160. The van der Waals surface area contributed by atoms with Gasteiger partial charge in [-0.2, -0.15) is 0 Å². The highest BCUT2D eigenvalue weighted by atomic mass is 32.2. The lowest BCUT2D eigenvalue weighted by atomic mass is 9.51. The monoisotopic (exact) mass is 509 g/mol. The van der Waals surface area contributed by atoms with E-state index in [-0.39, 0.29) is 24.2 Å². The van der Waals surface area contributed by atoms with E-state index in [1.165, 1.54) is 10.2 Å². The summed E-state index contributed by atoms with van der Waals surface area (Å²) in [6.45, 7) is 8.59. The Balaban J connectivity index is 1.56. The van der Waals surface area contributed by atoms with Gasteiger partial charge in [0.1, 0.15) is 22.4 Å². The van der Waals surface area contributed by atoms with Crippen molar-refractivity contribution in [3.8, 4) is 5.75 Å². The third kappa shape index (κ3) is 2.38. The standard InChI is InChI=1S/C27H31N3O5S/c1-24(2)11-9-16-18(35-24)8-7-15-17-13-27-19(25(3,4)21(17)30(20(15)16)36(5,33)34)14-26(22(31)28-27)10-6-12-29(26)23(27)32/h7-9,11,19H,6,10,12-14H2,1-5H3,(H,28,31)/t19-,26-,27+/m0/s1. The molecule has 6 heterocycles. The number of hydrogen-bond donors (Lipinski definition) is 1. The van der Waals surface area contributed by atoms with Gasteiger partial charge in [0.05, 0.1) is 11.8 Å². The first-order chi connectivity index (χ1) is 16.7. The highest BCUT2D eigenvalue weighted by Crippen LogP contribution is 2.60. The summed E-state index contributed by atoms with van der Waals surface area (Å²) < 4.78 is 34.6. The quantitative estimate of drug-likeness (QED) is 0.638. The van der Waals surface area contributed by atoms with Gasteiger partial charge < -0.3 is 15.0 Å². The van der Waals surface area contributed by atoms with Crippen LogP contribution >= 0.6 is 0 Å². The number of hydrogen-bond acceptors (Lipinski definition) is 5. The molecule has 8 rings (SSSR count). The summed E-state index contributed by atoms with van der Waals surface area (Å²) in [4.78, 5) is 29.3. The number of benzene rings is 1. The molecule has 0 unspecified atom stereocenters. The molecule has 1 aromatic carbocycles. The fourth-order valence-electron chi connectivity index (χ4n) is 8.06. The van der Waals surface area contributed by atoms with E-state index < -0.39 is 32.1 Å². The second-order valence-corrected chi connectivity index (χ2v) is 14.3. The molecular formula is C27H31N3O5S. The molecular weight excluding hydrogens is 478 g/mol. The summed E-state index contributed by atoms with van der Waals surface area (Å²) in [7, 11) is -3.71. The molecule has 4 fully saturated rings. The van der Waals surface area contributed by atoms with Crippen LogP contribution in [-0.4, -0.2) is 58.6 Å². The zero-order valence-electron chi connectivity index (χ0n) is 21.3. The highest BCUT2D eigenvalue weighted by molar-refractivity contribution is 7.89. The molecule has 5 aliphatic heterocycles. The summed E-state index contributed by atoms with van der Waals surface area (Å²) in [5.41, 5.74) is -0.230. The largest absolute Gasteiger partial charge is 0.483 e. The van der Waals surface area contributed by atoms with Crippen LogP contribution in [0, 0.1) is 5.92 Å². The fraction of sp³-hybridized carbons (Fsp3) is 0.556. The van der Waals surface area contributed by atoms with E-state index in [0.29, 0.717) is 30.7 Å². The third-order valence-electron chi connectivity index (χ3n) is 9.50. The topological polar surface area (TPSA) is 97.7 Å². The normalized spacial score (nSPS) is 33.0. The predicted octanol–water partition coefficient (Wildman–Crippen LogP) is 2.72. The van der Waals surface area contributed by atoms with Crippen molar-refractivity contribution in [2.75, 3.05) is 12.8 Å². The highest BCUT2D eigenvalue weighted by Gasteiger charge is 2.73. The summed E-state index contributed by atoms with van der Waals surface area (Å²) in [6, 6.07) is 3.80. The van der Waals surface area contributed by atoms with E-state index in [9.17, 15) is 18.0 Å². The Morgan fingerprint density at radius 3 is 2.61 bits per heavy atom. The van der Waals surface area contributed by atoms with Gasteiger partial charge >= 0.3 is 0 Å². The number of carbonyl (C=O) groups excluding carboxylic acids is 2. The van der Waals surface area contributed by atoms with Gasteiger partial charge in [-0.1, -0.05) is 13.8 Å². The molecule has 36 heavy (non-hydrogen) atoms. The number of fused-ring (bicyclic) bond motifs is 6. The van der Waals surface area contributed by atoms with Crippen LogP contribution in [0.2, 0.25) is 0 Å². The smallest absolute Gasteiger partial charge is 0.249 e. The van der Waals surface area contributed by atoms with Gasteiger partial charge in [-0.05, 0) is 63.0 Å². The number of ether oxygens (including phenoxy) is 1. The number of piperidine rings is 2. The van der Waals surface area contributed by atoms with Crippen molar-refractivity contribution >= 4 is 38.8 Å². The molecule has 9 heteroatoms. The molecule has 3 atom stereocenters. The summed E-state index contributed by atoms with van der Waals surface area (Å²) in [5.74, 6) is 0.340. The van der Waals surface area contributed by atoms with Crippen molar-refractivity contribution < 1.29 is 22.7 Å². The molecule has 6 aliphatic rings. The Hall–Kier alpha value is -2.81. The average molecular weight is 510 g/mol. The fourth-order valence-corrected chi connectivity index (χ4v) is 9.27. The van der Waals surface area contributed by atoms with Gasteiger partial charge in [-0.25, -0.2) is 12.4 Å². The first-order valence-corrected chi connectivity index (χ1v) is 14.5. The zero-order valence-corrected chi connectivity index (χ0v) is 22.1.